The van der Waals surface area contributed by atoms with Crippen molar-refractivity contribution in [3.63, 3.8) is 0 Å². The summed E-state index contributed by atoms with van der Waals surface area (Å²) in [6.45, 7) is 3.38. The summed E-state index contributed by atoms with van der Waals surface area (Å²) in [7, 11) is 0. The van der Waals surface area contributed by atoms with Gasteiger partial charge in [-0.2, -0.15) is 0 Å². The van der Waals surface area contributed by atoms with Crippen molar-refractivity contribution >= 4 is 17.5 Å². The van der Waals surface area contributed by atoms with E-state index in [1.54, 1.807) is 11.2 Å². The van der Waals surface area contributed by atoms with E-state index < -0.39 is 0 Å². The van der Waals surface area contributed by atoms with Crippen LogP contribution in [0.1, 0.15) is 16.1 Å². The smallest absolute Gasteiger partial charge is 0.253 e. The van der Waals surface area contributed by atoms with Crippen molar-refractivity contribution in [1.82, 2.24) is 14.8 Å². The fraction of sp³-hybridized carbons (Fsp3) is 0.238. The highest BCUT2D eigenvalue weighted by atomic mass is 35.5. The number of aromatic nitrogens is 1. The van der Waals surface area contributed by atoms with Crippen molar-refractivity contribution in [2.45, 2.75) is 6.54 Å². The zero-order valence-electron chi connectivity index (χ0n) is 15.1. The number of halogens is 2. The van der Waals surface area contributed by atoms with Crippen LogP contribution < -0.4 is 0 Å². The molecule has 2 aromatic carbocycles. The predicted molar refractivity (Wildman–Crippen MR) is 105 cm³/mol. The molecule has 1 aromatic heterocycles. The van der Waals surface area contributed by atoms with Gasteiger partial charge in [-0.05, 0) is 42.5 Å². The van der Waals surface area contributed by atoms with Gasteiger partial charge in [0.1, 0.15) is 12.1 Å². The first-order valence-electron chi connectivity index (χ1n) is 9.06. The first-order valence-corrected chi connectivity index (χ1v) is 9.44. The number of carbonyl (C=O) groups is 1. The Balaban J connectivity index is 1.33. The first-order chi connectivity index (χ1) is 13.6. The van der Waals surface area contributed by atoms with E-state index >= 15 is 0 Å². The van der Waals surface area contributed by atoms with Gasteiger partial charge >= 0.3 is 0 Å². The number of hydrogen-bond donors (Lipinski definition) is 0. The van der Waals surface area contributed by atoms with E-state index in [1.807, 2.05) is 24.3 Å². The molecule has 1 amide bonds. The second-order valence-electron chi connectivity index (χ2n) is 6.73. The zero-order valence-corrected chi connectivity index (χ0v) is 15.9. The van der Waals surface area contributed by atoms with E-state index in [9.17, 15) is 9.18 Å². The van der Waals surface area contributed by atoms with Crippen molar-refractivity contribution in [2.24, 2.45) is 0 Å². The summed E-state index contributed by atoms with van der Waals surface area (Å²) in [5.74, 6) is 0.137. The Morgan fingerprint density at radius 2 is 1.86 bits per heavy atom. The van der Waals surface area contributed by atoms with Crippen LogP contribution in [0.4, 0.5) is 4.39 Å². The second-order valence-corrected chi connectivity index (χ2v) is 7.17. The molecule has 0 aliphatic carbocycles. The lowest BCUT2D eigenvalue weighted by atomic mass is 10.1. The largest absolute Gasteiger partial charge is 0.444 e. The highest BCUT2D eigenvalue weighted by Gasteiger charge is 2.23. The molecule has 0 N–H and O–H groups in total. The Labute approximate surface area is 167 Å². The minimum absolute atomic E-state index is 0.0654. The Hall–Kier alpha value is -2.70. The fourth-order valence-corrected chi connectivity index (χ4v) is 3.44. The third-order valence-corrected chi connectivity index (χ3v) is 4.99. The summed E-state index contributed by atoms with van der Waals surface area (Å²) in [6, 6.07) is 13.1. The normalized spacial score (nSPS) is 15.0. The van der Waals surface area contributed by atoms with Gasteiger partial charge in [-0.25, -0.2) is 9.37 Å². The van der Waals surface area contributed by atoms with Crippen molar-refractivity contribution in [3.05, 3.63) is 76.9 Å². The summed E-state index contributed by atoms with van der Waals surface area (Å²) in [5, 5.41) is 0.638. The minimum Gasteiger partial charge on any atom is -0.444 e. The molecule has 0 unspecified atom stereocenters. The molecule has 7 heteroatoms. The third kappa shape index (κ3) is 4.24. The molecule has 0 spiro atoms. The third-order valence-electron chi connectivity index (χ3n) is 4.76. The van der Waals surface area contributed by atoms with Crippen LogP contribution in [0.5, 0.6) is 0 Å². The number of rotatable bonds is 4. The average molecular weight is 400 g/mol. The van der Waals surface area contributed by atoms with Crippen molar-refractivity contribution in [3.8, 4) is 11.5 Å². The lowest BCUT2D eigenvalue weighted by molar-refractivity contribution is 0.0627. The molecule has 1 aliphatic heterocycles. The van der Waals surface area contributed by atoms with Gasteiger partial charge < -0.3 is 9.32 Å². The number of oxazole rings is 1. The van der Waals surface area contributed by atoms with E-state index in [2.05, 4.69) is 9.88 Å². The van der Waals surface area contributed by atoms with Crippen LogP contribution >= 0.6 is 11.6 Å². The topological polar surface area (TPSA) is 49.6 Å². The highest BCUT2D eigenvalue weighted by Crippen LogP contribution is 2.22. The van der Waals surface area contributed by atoms with Crippen LogP contribution in [0.3, 0.4) is 0 Å². The molecule has 144 valence electrons. The molecule has 3 aromatic rings. The Morgan fingerprint density at radius 3 is 2.57 bits per heavy atom. The summed E-state index contributed by atoms with van der Waals surface area (Å²) in [5.41, 5.74) is 2.19. The number of nitrogens with zero attached hydrogens (tertiary/aromatic N) is 3. The molecule has 1 saturated heterocycles. The SMILES string of the molecule is O=C(c1ccc(F)cc1)N1CCN(Cc2coc(-c3cccc(Cl)c3)n2)CC1. The highest BCUT2D eigenvalue weighted by molar-refractivity contribution is 6.30. The molecule has 1 fully saturated rings. The van der Waals surface area contributed by atoms with Gasteiger partial charge in [0.25, 0.3) is 5.91 Å². The predicted octanol–water partition coefficient (Wildman–Crippen LogP) is 4.09. The van der Waals surface area contributed by atoms with Crippen molar-refractivity contribution < 1.29 is 13.6 Å². The molecule has 0 atom stereocenters. The van der Waals surface area contributed by atoms with E-state index in [-0.39, 0.29) is 11.7 Å². The molecule has 4 rings (SSSR count). The van der Waals surface area contributed by atoms with Crippen LogP contribution in [0.2, 0.25) is 5.02 Å². The average Bonchev–Trinajstić information content (AvgIpc) is 3.17. The molecular formula is C21H19ClFN3O2. The van der Waals surface area contributed by atoms with Crippen LogP contribution in [0.15, 0.2) is 59.2 Å². The van der Waals surface area contributed by atoms with E-state index in [0.717, 1.165) is 24.3 Å². The van der Waals surface area contributed by atoms with E-state index in [4.69, 9.17) is 16.0 Å². The minimum atomic E-state index is -0.342. The van der Waals surface area contributed by atoms with Gasteiger partial charge in [0.2, 0.25) is 5.89 Å². The van der Waals surface area contributed by atoms with Crippen LogP contribution in [-0.2, 0) is 6.54 Å². The summed E-state index contributed by atoms with van der Waals surface area (Å²) < 4.78 is 18.6. The molecule has 28 heavy (non-hydrogen) atoms. The Kier molecular flexibility index (Phi) is 5.41. The van der Waals surface area contributed by atoms with Gasteiger partial charge in [0.05, 0.1) is 5.69 Å². The number of piperazine rings is 1. The second kappa shape index (κ2) is 8.12. The maximum atomic E-state index is 13.0. The lowest BCUT2D eigenvalue weighted by Crippen LogP contribution is -2.48. The molecule has 0 bridgehead atoms. The molecule has 0 saturated carbocycles. The van der Waals surface area contributed by atoms with Gasteiger partial charge in [-0.3, -0.25) is 9.69 Å². The van der Waals surface area contributed by atoms with Gasteiger partial charge in [0, 0.05) is 48.9 Å². The van der Waals surface area contributed by atoms with Crippen molar-refractivity contribution in [1.29, 1.82) is 0 Å². The molecule has 2 heterocycles. The van der Waals surface area contributed by atoms with Crippen LogP contribution in [-0.4, -0.2) is 46.9 Å². The number of carbonyl (C=O) groups excluding carboxylic acids is 1. The number of amides is 1. The van der Waals surface area contributed by atoms with Crippen LogP contribution in [0.25, 0.3) is 11.5 Å². The van der Waals surface area contributed by atoms with Crippen LogP contribution in [0, 0.1) is 5.82 Å². The van der Waals surface area contributed by atoms with Gasteiger partial charge in [-0.1, -0.05) is 17.7 Å². The van der Waals surface area contributed by atoms with E-state index in [0.29, 0.717) is 36.1 Å². The number of benzene rings is 2. The molecule has 0 radical (unpaired) electrons. The maximum absolute atomic E-state index is 13.0. The first kappa shape index (κ1) is 18.7. The standard InChI is InChI=1S/C21H19ClFN3O2/c22-17-3-1-2-16(12-17)20-24-19(14-28-20)13-25-8-10-26(11-9-25)21(27)15-4-6-18(23)7-5-15/h1-7,12,14H,8-11,13H2. The van der Waals surface area contributed by atoms with Crippen molar-refractivity contribution in [2.75, 3.05) is 26.2 Å². The maximum Gasteiger partial charge on any atom is 0.253 e. The van der Waals surface area contributed by atoms with Gasteiger partial charge in [0.15, 0.2) is 0 Å². The van der Waals surface area contributed by atoms with Gasteiger partial charge in [-0.15, -0.1) is 0 Å². The Morgan fingerprint density at radius 1 is 1.11 bits per heavy atom. The summed E-state index contributed by atoms with van der Waals surface area (Å²) in [6.07, 6.45) is 1.66. The lowest BCUT2D eigenvalue weighted by Gasteiger charge is -2.34. The molecule has 1 aliphatic rings. The quantitative estimate of drug-likeness (QED) is 0.663. The zero-order chi connectivity index (χ0) is 19.5. The van der Waals surface area contributed by atoms with E-state index in [1.165, 1.54) is 24.3 Å². The Bertz CT molecular complexity index is 966. The molecule has 5 nitrogen and oxygen atoms in total. The fourth-order valence-electron chi connectivity index (χ4n) is 3.25. The summed E-state index contributed by atoms with van der Waals surface area (Å²) >= 11 is 6.02. The molecular weight excluding hydrogens is 381 g/mol. The summed E-state index contributed by atoms with van der Waals surface area (Å²) in [4.78, 5) is 21.1. The number of hydrogen-bond acceptors (Lipinski definition) is 4. The monoisotopic (exact) mass is 399 g/mol.